The summed E-state index contributed by atoms with van der Waals surface area (Å²) >= 11 is 0. The van der Waals surface area contributed by atoms with Crippen molar-refractivity contribution in [2.75, 3.05) is 6.61 Å². The number of ether oxygens (including phenoxy) is 1. The molecule has 0 aromatic rings. The quantitative estimate of drug-likeness (QED) is 0.530. The van der Waals surface area contributed by atoms with Gasteiger partial charge < -0.3 is 10.2 Å². The number of hydrogen-bond acceptors (Lipinski definition) is 4. The number of nitrogens with one attached hydrogen (secondary N) is 1. The van der Waals surface area contributed by atoms with Crippen LogP contribution in [0.25, 0.3) is 0 Å². The summed E-state index contributed by atoms with van der Waals surface area (Å²) in [6.07, 6.45) is 5.29. The molecule has 4 nitrogen and oxygen atoms in total. The van der Waals surface area contributed by atoms with E-state index in [1.165, 1.54) is 0 Å². The molecule has 1 atom stereocenters. The predicted molar refractivity (Wildman–Crippen MR) is 37.6 cm³/mol. The third-order valence-corrected chi connectivity index (χ3v) is 1.66. The maximum absolute atomic E-state index is 8.67. The third kappa shape index (κ3) is 0.819. The van der Waals surface area contributed by atoms with E-state index in [9.17, 15) is 0 Å². The molecule has 0 fully saturated rings. The number of allylic oxidation sites excluding steroid dienone is 1. The maximum Gasteiger partial charge on any atom is 0.170 e. The number of hydrogen-bond donors (Lipinski definition) is 1. The molecule has 0 aromatic heterocycles. The van der Waals surface area contributed by atoms with E-state index in [-0.39, 0.29) is 6.04 Å². The first-order valence-electron chi connectivity index (χ1n) is 3.35. The molecule has 0 aliphatic carbocycles. The SMILES string of the molecule is N#CC1COC=C2C=CNN21. The zero-order valence-corrected chi connectivity index (χ0v) is 5.82. The van der Waals surface area contributed by atoms with Gasteiger partial charge in [0.25, 0.3) is 0 Å². The van der Waals surface area contributed by atoms with Gasteiger partial charge in [0.05, 0.1) is 11.8 Å². The average Bonchev–Trinajstić information content (AvgIpc) is 2.50. The second-order valence-electron chi connectivity index (χ2n) is 2.35. The van der Waals surface area contributed by atoms with Crippen LogP contribution in [-0.4, -0.2) is 17.7 Å². The van der Waals surface area contributed by atoms with Crippen molar-refractivity contribution in [2.24, 2.45) is 0 Å². The number of hydrazine groups is 1. The molecule has 1 N–H and O–H groups in total. The molecule has 0 saturated carbocycles. The van der Waals surface area contributed by atoms with Gasteiger partial charge in [-0.15, -0.1) is 0 Å². The van der Waals surface area contributed by atoms with Crippen molar-refractivity contribution in [3.8, 4) is 6.07 Å². The Morgan fingerprint density at radius 1 is 1.82 bits per heavy atom. The molecule has 11 heavy (non-hydrogen) atoms. The third-order valence-electron chi connectivity index (χ3n) is 1.66. The van der Waals surface area contributed by atoms with Crippen LogP contribution in [-0.2, 0) is 4.74 Å². The van der Waals surface area contributed by atoms with Gasteiger partial charge >= 0.3 is 0 Å². The number of nitriles is 1. The van der Waals surface area contributed by atoms with E-state index in [0.717, 1.165) is 5.70 Å². The van der Waals surface area contributed by atoms with Crippen LogP contribution in [0.15, 0.2) is 24.2 Å². The molecule has 0 bridgehead atoms. The van der Waals surface area contributed by atoms with Crippen molar-refractivity contribution < 1.29 is 4.74 Å². The first-order valence-corrected chi connectivity index (χ1v) is 3.35. The van der Waals surface area contributed by atoms with Gasteiger partial charge in [0.1, 0.15) is 12.9 Å². The van der Waals surface area contributed by atoms with Gasteiger partial charge in [-0.05, 0) is 6.08 Å². The smallest absolute Gasteiger partial charge is 0.170 e. The molecule has 56 valence electrons. The van der Waals surface area contributed by atoms with Crippen LogP contribution in [0.3, 0.4) is 0 Å². The standard InChI is InChI=1S/C7H7N3O/c8-3-7-5-11-4-6-1-2-9-10(6)7/h1-2,4,7,9H,5H2. The molecule has 0 radical (unpaired) electrons. The summed E-state index contributed by atoms with van der Waals surface area (Å²) in [5.74, 6) is 0. The Balaban J connectivity index is 2.24. The van der Waals surface area contributed by atoms with E-state index in [1.54, 1.807) is 17.5 Å². The van der Waals surface area contributed by atoms with Gasteiger partial charge in [-0.1, -0.05) is 0 Å². The molecule has 1 unspecified atom stereocenters. The lowest BCUT2D eigenvalue weighted by molar-refractivity contribution is 0.115. The lowest BCUT2D eigenvalue weighted by Crippen LogP contribution is -2.42. The van der Waals surface area contributed by atoms with E-state index in [2.05, 4.69) is 11.5 Å². The van der Waals surface area contributed by atoms with Crippen LogP contribution in [0.1, 0.15) is 0 Å². The van der Waals surface area contributed by atoms with Crippen molar-refractivity contribution >= 4 is 0 Å². The molecule has 0 spiro atoms. The van der Waals surface area contributed by atoms with E-state index in [1.807, 2.05) is 6.08 Å². The minimum absolute atomic E-state index is 0.218. The highest BCUT2D eigenvalue weighted by atomic mass is 16.5. The zero-order valence-electron chi connectivity index (χ0n) is 5.82. The number of rotatable bonds is 0. The summed E-state index contributed by atoms with van der Waals surface area (Å²) < 4.78 is 5.07. The Labute approximate surface area is 64.3 Å². The fraction of sp³-hybridized carbons (Fsp3) is 0.286. The van der Waals surface area contributed by atoms with Crippen LogP contribution in [0.5, 0.6) is 0 Å². The van der Waals surface area contributed by atoms with Gasteiger partial charge in [0.15, 0.2) is 6.04 Å². The molecule has 0 saturated heterocycles. The Hall–Kier alpha value is -1.63. The van der Waals surface area contributed by atoms with Gasteiger partial charge in [-0.3, -0.25) is 5.01 Å². The van der Waals surface area contributed by atoms with Gasteiger partial charge in [0, 0.05) is 6.20 Å². The van der Waals surface area contributed by atoms with Crippen LogP contribution < -0.4 is 5.43 Å². The molecule has 2 aliphatic rings. The highest BCUT2D eigenvalue weighted by Gasteiger charge is 2.25. The summed E-state index contributed by atoms with van der Waals surface area (Å²) in [6, 6.07) is 1.92. The van der Waals surface area contributed by atoms with E-state index in [0.29, 0.717) is 6.61 Å². The molecule has 2 heterocycles. The second kappa shape index (κ2) is 2.20. The number of nitrogens with zero attached hydrogens (tertiary/aromatic N) is 2. The molecule has 0 aromatic carbocycles. The largest absolute Gasteiger partial charge is 0.496 e. The molecular weight excluding hydrogens is 142 g/mol. The topological polar surface area (TPSA) is 48.3 Å². The molecule has 2 aliphatic heterocycles. The first kappa shape index (κ1) is 6.10. The van der Waals surface area contributed by atoms with Gasteiger partial charge in [-0.2, -0.15) is 5.26 Å². The first-order chi connectivity index (χ1) is 5.42. The lowest BCUT2D eigenvalue weighted by atomic mass is 10.3. The van der Waals surface area contributed by atoms with Gasteiger partial charge in [0.2, 0.25) is 0 Å². The summed E-state index contributed by atoms with van der Waals surface area (Å²) in [7, 11) is 0. The molecular formula is C7H7N3O. The molecule has 4 heteroatoms. The van der Waals surface area contributed by atoms with Crippen LogP contribution in [0.2, 0.25) is 0 Å². The summed E-state index contributed by atoms with van der Waals surface area (Å²) in [4.78, 5) is 0. The normalized spacial score (nSPS) is 26.3. The average molecular weight is 149 g/mol. The summed E-state index contributed by atoms with van der Waals surface area (Å²) in [5.41, 5.74) is 3.85. The van der Waals surface area contributed by atoms with Crippen molar-refractivity contribution in [1.82, 2.24) is 10.4 Å². The van der Waals surface area contributed by atoms with E-state index in [4.69, 9.17) is 10.00 Å². The molecule has 0 amide bonds. The summed E-state index contributed by atoms with van der Waals surface area (Å²) in [5, 5.41) is 10.5. The monoisotopic (exact) mass is 149 g/mol. The minimum Gasteiger partial charge on any atom is -0.496 e. The molecule has 2 rings (SSSR count). The van der Waals surface area contributed by atoms with E-state index < -0.39 is 0 Å². The fourth-order valence-corrected chi connectivity index (χ4v) is 1.12. The summed E-state index contributed by atoms with van der Waals surface area (Å²) in [6.45, 7) is 0.425. The number of fused-ring (bicyclic) bond motifs is 1. The van der Waals surface area contributed by atoms with Crippen LogP contribution in [0.4, 0.5) is 0 Å². The van der Waals surface area contributed by atoms with Crippen LogP contribution >= 0.6 is 0 Å². The maximum atomic E-state index is 8.67. The minimum atomic E-state index is -0.218. The van der Waals surface area contributed by atoms with Crippen molar-refractivity contribution in [1.29, 1.82) is 5.26 Å². The zero-order chi connectivity index (χ0) is 7.68. The van der Waals surface area contributed by atoms with Crippen molar-refractivity contribution in [2.45, 2.75) is 6.04 Å². The van der Waals surface area contributed by atoms with E-state index >= 15 is 0 Å². The van der Waals surface area contributed by atoms with Crippen molar-refractivity contribution in [3.05, 3.63) is 24.2 Å². The highest BCUT2D eigenvalue weighted by molar-refractivity contribution is 5.23. The highest BCUT2D eigenvalue weighted by Crippen LogP contribution is 2.17. The predicted octanol–water partition coefficient (Wildman–Crippen LogP) is 0.0841. The lowest BCUT2D eigenvalue weighted by Gasteiger charge is -2.28. The fourth-order valence-electron chi connectivity index (χ4n) is 1.12. The Morgan fingerprint density at radius 3 is 3.55 bits per heavy atom. The van der Waals surface area contributed by atoms with Crippen LogP contribution in [0, 0.1) is 11.3 Å². The Kier molecular flexibility index (Phi) is 1.22. The Morgan fingerprint density at radius 2 is 2.73 bits per heavy atom. The van der Waals surface area contributed by atoms with Crippen molar-refractivity contribution in [3.63, 3.8) is 0 Å². The van der Waals surface area contributed by atoms with Gasteiger partial charge in [-0.25, -0.2) is 0 Å². The second-order valence-corrected chi connectivity index (χ2v) is 2.35. The Bertz CT molecular complexity index is 263.